The van der Waals surface area contributed by atoms with Gasteiger partial charge in [-0.3, -0.25) is 9.69 Å². The number of hydrogen-bond donors (Lipinski definition) is 2. The van der Waals surface area contributed by atoms with Crippen LogP contribution in [0.1, 0.15) is 49.8 Å². The Hall–Kier alpha value is -2.91. The molecule has 2 aliphatic rings. The standard InChI is InChI=1S/C32H38FN3O3S/c1-23(25-6-12-29(33)13-7-25)34-32(37)28-8-14-30(15-9-28)35-40(38)31-16-10-27(11-17-31)26-4-2-24(3-5-26)22-36-18-20-39-21-19-36/h2-7,10-13,16-17,23,28,30,35H,8-9,14-15,18-22H2,1H3,(H,34,37). The van der Waals surface area contributed by atoms with Crippen molar-refractivity contribution >= 4 is 16.9 Å². The van der Waals surface area contributed by atoms with Crippen LogP contribution in [0.15, 0.2) is 77.7 Å². The van der Waals surface area contributed by atoms with Gasteiger partial charge < -0.3 is 10.1 Å². The van der Waals surface area contributed by atoms with E-state index in [0.29, 0.717) is 0 Å². The lowest BCUT2D eigenvalue weighted by molar-refractivity contribution is -0.126. The van der Waals surface area contributed by atoms with Gasteiger partial charge in [0.15, 0.2) is 0 Å². The second-order valence-electron chi connectivity index (χ2n) is 10.8. The number of carbonyl (C=O) groups is 1. The van der Waals surface area contributed by atoms with E-state index < -0.39 is 11.0 Å². The molecule has 212 valence electrons. The lowest BCUT2D eigenvalue weighted by atomic mass is 9.85. The quantitative estimate of drug-likeness (QED) is 0.367. The van der Waals surface area contributed by atoms with Crippen molar-refractivity contribution in [2.24, 2.45) is 5.92 Å². The Labute approximate surface area is 238 Å². The predicted molar refractivity (Wildman–Crippen MR) is 156 cm³/mol. The summed E-state index contributed by atoms with van der Waals surface area (Å²) in [5.74, 6) is -0.318. The molecule has 1 aliphatic heterocycles. The monoisotopic (exact) mass is 563 g/mol. The molecule has 2 fully saturated rings. The average molecular weight is 564 g/mol. The third-order valence-corrected chi connectivity index (χ3v) is 9.21. The van der Waals surface area contributed by atoms with E-state index in [0.717, 1.165) is 80.1 Å². The van der Waals surface area contributed by atoms with E-state index >= 15 is 0 Å². The third-order valence-electron chi connectivity index (χ3n) is 7.97. The summed E-state index contributed by atoms with van der Waals surface area (Å²) in [5, 5.41) is 3.06. The molecule has 2 unspecified atom stereocenters. The number of morpholine rings is 1. The number of rotatable bonds is 9. The highest BCUT2D eigenvalue weighted by Crippen LogP contribution is 2.27. The second-order valence-corrected chi connectivity index (χ2v) is 12.1. The first-order valence-electron chi connectivity index (χ1n) is 14.2. The minimum Gasteiger partial charge on any atom is -0.379 e. The summed E-state index contributed by atoms with van der Waals surface area (Å²) >= 11 is 0. The van der Waals surface area contributed by atoms with Gasteiger partial charge in [0.2, 0.25) is 5.91 Å². The highest BCUT2D eigenvalue weighted by molar-refractivity contribution is 7.83. The number of benzene rings is 3. The van der Waals surface area contributed by atoms with Gasteiger partial charge in [0.1, 0.15) is 16.8 Å². The van der Waals surface area contributed by atoms with Crippen molar-refractivity contribution in [3.05, 3.63) is 89.7 Å². The second kappa shape index (κ2) is 13.6. The summed E-state index contributed by atoms with van der Waals surface area (Å²) in [7, 11) is -1.31. The highest BCUT2D eigenvalue weighted by atomic mass is 32.2. The first-order chi connectivity index (χ1) is 19.4. The van der Waals surface area contributed by atoms with Crippen LogP contribution in [0.3, 0.4) is 0 Å². The minimum absolute atomic E-state index is 0.0288. The van der Waals surface area contributed by atoms with Gasteiger partial charge in [0, 0.05) is 31.6 Å². The summed E-state index contributed by atoms with van der Waals surface area (Å²) in [6.45, 7) is 6.41. The molecular weight excluding hydrogens is 525 g/mol. The summed E-state index contributed by atoms with van der Waals surface area (Å²) in [4.78, 5) is 15.9. The maximum absolute atomic E-state index is 13.2. The molecule has 1 amide bonds. The number of nitrogens with zero attached hydrogens (tertiary/aromatic N) is 1. The molecule has 1 aliphatic carbocycles. The fraction of sp³-hybridized carbons (Fsp3) is 0.406. The molecule has 1 saturated heterocycles. The summed E-state index contributed by atoms with van der Waals surface area (Å²) in [6, 6.07) is 22.7. The summed E-state index contributed by atoms with van der Waals surface area (Å²) < 4.78 is 34.9. The fourth-order valence-electron chi connectivity index (χ4n) is 5.45. The Morgan fingerprint density at radius 3 is 2.15 bits per heavy atom. The van der Waals surface area contributed by atoms with Gasteiger partial charge in [-0.15, -0.1) is 0 Å². The molecule has 6 nitrogen and oxygen atoms in total. The Morgan fingerprint density at radius 2 is 1.52 bits per heavy atom. The van der Waals surface area contributed by atoms with Crippen LogP contribution in [0.2, 0.25) is 0 Å². The van der Waals surface area contributed by atoms with Gasteiger partial charge in [-0.25, -0.2) is 13.3 Å². The predicted octanol–water partition coefficient (Wildman–Crippen LogP) is 5.37. The molecule has 2 N–H and O–H groups in total. The van der Waals surface area contributed by atoms with E-state index in [1.165, 1.54) is 17.7 Å². The van der Waals surface area contributed by atoms with Crippen LogP contribution in [0.5, 0.6) is 0 Å². The van der Waals surface area contributed by atoms with Crippen LogP contribution in [-0.4, -0.2) is 47.4 Å². The van der Waals surface area contributed by atoms with Crippen molar-refractivity contribution in [1.29, 1.82) is 0 Å². The molecule has 3 aromatic carbocycles. The van der Waals surface area contributed by atoms with Gasteiger partial charge in [-0.1, -0.05) is 48.5 Å². The summed E-state index contributed by atoms with van der Waals surface area (Å²) in [6.07, 6.45) is 3.09. The molecular formula is C32H38FN3O3S. The number of hydrogen-bond acceptors (Lipinski definition) is 4. The fourth-order valence-corrected chi connectivity index (χ4v) is 6.51. The zero-order chi connectivity index (χ0) is 27.9. The van der Waals surface area contributed by atoms with Crippen molar-refractivity contribution in [3.63, 3.8) is 0 Å². The van der Waals surface area contributed by atoms with E-state index in [-0.39, 0.29) is 29.7 Å². The van der Waals surface area contributed by atoms with Crippen LogP contribution >= 0.6 is 0 Å². The maximum Gasteiger partial charge on any atom is 0.223 e. The van der Waals surface area contributed by atoms with Crippen molar-refractivity contribution < 1.29 is 18.1 Å². The largest absolute Gasteiger partial charge is 0.379 e. The SMILES string of the molecule is CC(NC(=O)C1CCC(NS(=O)c2ccc(-c3ccc(CN4CCOCC4)cc3)cc2)CC1)c1ccc(F)cc1. The number of carbonyl (C=O) groups excluding carboxylic acids is 1. The topological polar surface area (TPSA) is 70.7 Å². The number of nitrogens with one attached hydrogen (secondary N) is 2. The van der Waals surface area contributed by atoms with Crippen LogP contribution in [0, 0.1) is 11.7 Å². The molecule has 0 aromatic heterocycles. The average Bonchev–Trinajstić information content (AvgIpc) is 2.99. The van der Waals surface area contributed by atoms with E-state index in [4.69, 9.17) is 4.74 Å². The van der Waals surface area contributed by atoms with Crippen LogP contribution in [0.4, 0.5) is 4.39 Å². The van der Waals surface area contributed by atoms with Crippen LogP contribution < -0.4 is 10.0 Å². The molecule has 1 heterocycles. The first-order valence-corrected chi connectivity index (χ1v) is 15.3. The summed E-state index contributed by atoms with van der Waals surface area (Å²) in [5.41, 5.74) is 4.41. The van der Waals surface area contributed by atoms with Gasteiger partial charge in [-0.05, 0) is 79.1 Å². The minimum atomic E-state index is -1.31. The van der Waals surface area contributed by atoms with Crippen molar-refractivity contribution in [3.8, 4) is 11.1 Å². The highest BCUT2D eigenvalue weighted by Gasteiger charge is 2.28. The number of ether oxygens (including phenoxy) is 1. The maximum atomic E-state index is 13.2. The lowest BCUT2D eigenvalue weighted by Gasteiger charge is -2.29. The third kappa shape index (κ3) is 7.63. The Balaban J connectivity index is 1.07. The smallest absolute Gasteiger partial charge is 0.223 e. The van der Waals surface area contributed by atoms with E-state index in [1.54, 1.807) is 12.1 Å². The molecule has 40 heavy (non-hydrogen) atoms. The van der Waals surface area contributed by atoms with Gasteiger partial charge in [0.05, 0.1) is 24.2 Å². The van der Waals surface area contributed by atoms with Gasteiger partial charge >= 0.3 is 0 Å². The van der Waals surface area contributed by atoms with Crippen LogP contribution in [0.25, 0.3) is 11.1 Å². The Morgan fingerprint density at radius 1 is 0.925 bits per heavy atom. The molecule has 0 spiro atoms. The van der Waals surface area contributed by atoms with Gasteiger partial charge in [0.25, 0.3) is 0 Å². The van der Waals surface area contributed by atoms with Crippen molar-refractivity contribution in [2.45, 2.75) is 56.1 Å². The Bertz CT molecular complexity index is 1270. The van der Waals surface area contributed by atoms with E-state index in [2.05, 4.69) is 39.2 Å². The molecule has 1 saturated carbocycles. The first kappa shape index (κ1) is 28.6. The zero-order valence-electron chi connectivity index (χ0n) is 23.0. The van der Waals surface area contributed by atoms with Gasteiger partial charge in [-0.2, -0.15) is 0 Å². The Kier molecular flexibility index (Phi) is 9.75. The number of halogens is 1. The molecule has 5 rings (SSSR count). The molecule has 8 heteroatoms. The van der Waals surface area contributed by atoms with Crippen LogP contribution in [-0.2, 0) is 27.1 Å². The number of amides is 1. The molecule has 0 bridgehead atoms. The molecule has 0 radical (unpaired) electrons. The lowest BCUT2D eigenvalue weighted by Crippen LogP contribution is -2.39. The van der Waals surface area contributed by atoms with Crippen molar-refractivity contribution in [1.82, 2.24) is 14.9 Å². The normalized spacial score (nSPS) is 21.4. The molecule has 2 atom stereocenters. The molecule has 3 aromatic rings. The van der Waals surface area contributed by atoms with E-state index in [9.17, 15) is 13.4 Å². The van der Waals surface area contributed by atoms with E-state index in [1.807, 2.05) is 31.2 Å². The zero-order valence-corrected chi connectivity index (χ0v) is 23.8. The van der Waals surface area contributed by atoms with Crippen molar-refractivity contribution in [2.75, 3.05) is 26.3 Å².